The van der Waals surface area contributed by atoms with Gasteiger partial charge in [-0.25, -0.2) is 0 Å². The quantitative estimate of drug-likeness (QED) is 0.801. The van der Waals surface area contributed by atoms with Gasteiger partial charge in [0.05, 0.1) is 0 Å². The van der Waals surface area contributed by atoms with Gasteiger partial charge in [0, 0.05) is 18.7 Å². The maximum Gasteiger partial charge on any atom is 0.254 e. The van der Waals surface area contributed by atoms with Gasteiger partial charge in [-0.15, -0.1) is 0 Å². The van der Waals surface area contributed by atoms with E-state index in [0.29, 0.717) is 13.1 Å². The number of hydrogen-bond acceptors (Lipinski definition) is 1. The molecule has 1 amide bonds. The second-order valence-electron chi connectivity index (χ2n) is 4.17. The molecule has 0 fully saturated rings. The Morgan fingerprint density at radius 1 is 0.944 bits per heavy atom. The molecule has 0 aliphatic heterocycles. The number of nitrogens with zero attached hydrogens (tertiary/aromatic N) is 1. The van der Waals surface area contributed by atoms with Gasteiger partial charge in [0.25, 0.3) is 5.91 Å². The molecule has 2 aromatic rings. The topological polar surface area (TPSA) is 20.3 Å². The predicted molar refractivity (Wildman–Crippen MR) is 73.3 cm³/mol. The molecule has 2 rings (SSSR count). The van der Waals surface area contributed by atoms with Gasteiger partial charge < -0.3 is 4.90 Å². The Bertz CT molecular complexity index is 493. The third-order valence-electron chi connectivity index (χ3n) is 2.91. The van der Waals surface area contributed by atoms with Crippen molar-refractivity contribution in [2.75, 3.05) is 6.54 Å². The molecule has 0 spiro atoms. The van der Waals surface area contributed by atoms with E-state index in [9.17, 15) is 4.79 Å². The molecule has 92 valence electrons. The Hall–Kier alpha value is -2.09. The van der Waals surface area contributed by atoms with Gasteiger partial charge in [0.1, 0.15) is 0 Å². The number of rotatable bonds is 4. The molecule has 0 atom stereocenters. The molecule has 0 aliphatic carbocycles. The van der Waals surface area contributed by atoms with Crippen molar-refractivity contribution in [3.05, 3.63) is 71.8 Å². The molecule has 0 N–H and O–H groups in total. The first-order valence-electron chi connectivity index (χ1n) is 6.19. The Morgan fingerprint density at radius 3 is 2.06 bits per heavy atom. The number of hydrogen-bond donors (Lipinski definition) is 0. The zero-order chi connectivity index (χ0) is 12.8. The highest BCUT2D eigenvalue weighted by Gasteiger charge is 2.13. The Labute approximate surface area is 108 Å². The summed E-state index contributed by atoms with van der Waals surface area (Å²) in [4.78, 5) is 14.2. The molecular formula is C16H17NO. The van der Waals surface area contributed by atoms with Crippen LogP contribution in [-0.2, 0) is 6.54 Å². The molecule has 0 unspecified atom stereocenters. The minimum Gasteiger partial charge on any atom is -0.335 e. The lowest BCUT2D eigenvalue weighted by atomic mass is 10.1. The number of carbonyl (C=O) groups excluding carboxylic acids is 1. The molecule has 0 aliphatic rings. The first-order valence-corrected chi connectivity index (χ1v) is 6.19. The molecule has 2 aromatic carbocycles. The minimum absolute atomic E-state index is 0.0851. The molecule has 0 aromatic heterocycles. The van der Waals surface area contributed by atoms with Gasteiger partial charge in [-0.05, 0) is 24.6 Å². The first kappa shape index (κ1) is 12.4. The maximum atomic E-state index is 12.3. The van der Waals surface area contributed by atoms with Crippen molar-refractivity contribution in [3.8, 4) is 0 Å². The van der Waals surface area contributed by atoms with Crippen LogP contribution in [0.1, 0.15) is 22.8 Å². The third kappa shape index (κ3) is 2.98. The molecule has 0 saturated heterocycles. The van der Waals surface area contributed by atoms with Crippen molar-refractivity contribution >= 4 is 5.91 Å². The summed E-state index contributed by atoms with van der Waals surface area (Å²) in [5.74, 6) is 0.0851. The summed E-state index contributed by atoms with van der Waals surface area (Å²) in [5, 5.41) is 0. The van der Waals surface area contributed by atoms with Crippen molar-refractivity contribution in [2.24, 2.45) is 0 Å². The largest absolute Gasteiger partial charge is 0.335 e. The maximum absolute atomic E-state index is 12.3. The summed E-state index contributed by atoms with van der Waals surface area (Å²) < 4.78 is 0. The minimum atomic E-state index is 0.0851. The van der Waals surface area contributed by atoms with Gasteiger partial charge in [0.15, 0.2) is 0 Å². The highest BCUT2D eigenvalue weighted by Crippen LogP contribution is 2.09. The first-order chi connectivity index (χ1) is 8.81. The van der Waals surface area contributed by atoms with Gasteiger partial charge >= 0.3 is 0 Å². The fraction of sp³-hybridized carbons (Fsp3) is 0.188. The van der Waals surface area contributed by atoms with E-state index < -0.39 is 0 Å². The smallest absolute Gasteiger partial charge is 0.254 e. The van der Waals surface area contributed by atoms with Crippen LogP contribution in [0.15, 0.2) is 60.7 Å². The van der Waals surface area contributed by atoms with E-state index in [4.69, 9.17) is 0 Å². The fourth-order valence-electron chi connectivity index (χ4n) is 1.89. The Balaban J connectivity index is 2.12. The fourth-order valence-corrected chi connectivity index (χ4v) is 1.89. The van der Waals surface area contributed by atoms with E-state index in [0.717, 1.165) is 11.1 Å². The van der Waals surface area contributed by atoms with Crippen LogP contribution in [0.5, 0.6) is 0 Å². The lowest BCUT2D eigenvalue weighted by molar-refractivity contribution is 0.0752. The molecular weight excluding hydrogens is 222 g/mol. The van der Waals surface area contributed by atoms with E-state index in [1.165, 1.54) is 0 Å². The SMILES string of the molecule is CCN(Cc1ccccc1)C(=O)c1ccccc1. The summed E-state index contributed by atoms with van der Waals surface area (Å²) in [7, 11) is 0. The van der Waals surface area contributed by atoms with Gasteiger partial charge in [0.2, 0.25) is 0 Å². The van der Waals surface area contributed by atoms with Crippen LogP contribution in [0.3, 0.4) is 0 Å². The molecule has 18 heavy (non-hydrogen) atoms. The average molecular weight is 239 g/mol. The Kier molecular flexibility index (Phi) is 4.13. The summed E-state index contributed by atoms with van der Waals surface area (Å²) in [6.07, 6.45) is 0. The molecule has 2 heteroatoms. The third-order valence-corrected chi connectivity index (χ3v) is 2.91. The number of carbonyl (C=O) groups is 1. The zero-order valence-corrected chi connectivity index (χ0v) is 10.5. The van der Waals surface area contributed by atoms with Crippen molar-refractivity contribution in [1.82, 2.24) is 4.90 Å². The molecule has 0 heterocycles. The zero-order valence-electron chi connectivity index (χ0n) is 10.5. The summed E-state index contributed by atoms with van der Waals surface area (Å²) >= 11 is 0. The van der Waals surface area contributed by atoms with Crippen LogP contribution in [0.25, 0.3) is 0 Å². The van der Waals surface area contributed by atoms with E-state index >= 15 is 0 Å². The number of amides is 1. The summed E-state index contributed by atoms with van der Waals surface area (Å²) in [6, 6.07) is 19.5. The lowest BCUT2D eigenvalue weighted by Crippen LogP contribution is -2.30. The van der Waals surface area contributed by atoms with Gasteiger partial charge in [-0.1, -0.05) is 48.5 Å². The lowest BCUT2D eigenvalue weighted by Gasteiger charge is -2.21. The second kappa shape index (κ2) is 6.01. The van der Waals surface area contributed by atoms with Crippen molar-refractivity contribution < 1.29 is 4.79 Å². The van der Waals surface area contributed by atoms with Crippen molar-refractivity contribution in [3.63, 3.8) is 0 Å². The monoisotopic (exact) mass is 239 g/mol. The van der Waals surface area contributed by atoms with Crippen LogP contribution in [0.4, 0.5) is 0 Å². The van der Waals surface area contributed by atoms with Crippen LogP contribution in [-0.4, -0.2) is 17.4 Å². The van der Waals surface area contributed by atoms with Gasteiger partial charge in [-0.3, -0.25) is 4.79 Å². The van der Waals surface area contributed by atoms with Crippen LogP contribution in [0, 0.1) is 0 Å². The molecule has 0 saturated carbocycles. The van der Waals surface area contributed by atoms with Gasteiger partial charge in [-0.2, -0.15) is 0 Å². The van der Waals surface area contributed by atoms with E-state index in [1.807, 2.05) is 72.5 Å². The van der Waals surface area contributed by atoms with Crippen molar-refractivity contribution in [2.45, 2.75) is 13.5 Å². The van der Waals surface area contributed by atoms with Crippen molar-refractivity contribution in [1.29, 1.82) is 0 Å². The van der Waals surface area contributed by atoms with E-state index in [-0.39, 0.29) is 5.91 Å². The highest BCUT2D eigenvalue weighted by molar-refractivity contribution is 5.94. The number of benzene rings is 2. The van der Waals surface area contributed by atoms with Crippen LogP contribution in [0.2, 0.25) is 0 Å². The highest BCUT2D eigenvalue weighted by atomic mass is 16.2. The van der Waals surface area contributed by atoms with Crippen LogP contribution >= 0.6 is 0 Å². The van der Waals surface area contributed by atoms with Crippen LogP contribution < -0.4 is 0 Å². The summed E-state index contributed by atoms with van der Waals surface area (Å²) in [5.41, 5.74) is 1.90. The Morgan fingerprint density at radius 2 is 1.50 bits per heavy atom. The molecule has 0 radical (unpaired) electrons. The predicted octanol–water partition coefficient (Wildman–Crippen LogP) is 3.35. The molecule has 0 bridgehead atoms. The van der Waals surface area contributed by atoms with E-state index in [1.54, 1.807) is 0 Å². The standard InChI is InChI=1S/C16H17NO/c1-2-17(13-14-9-5-3-6-10-14)16(18)15-11-7-4-8-12-15/h3-12H,2,13H2,1H3. The van der Waals surface area contributed by atoms with E-state index in [2.05, 4.69) is 0 Å². The normalized spacial score (nSPS) is 10.1. The average Bonchev–Trinajstić information content (AvgIpc) is 2.46. The molecule has 2 nitrogen and oxygen atoms in total. The summed E-state index contributed by atoms with van der Waals surface area (Å²) in [6.45, 7) is 3.37. The second-order valence-corrected chi connectivity index (χ2v) is 4.17.